The Morgan fingerprint density at radius 1 is 1.04 bits per heavy atom. The van der Waals surface area contributed by atoms with E-state index in [4.69, 9.17) is 4.74 Å². The van der Waals surface area contributed by atoms with Gasteiger partial charge in [-0.25, -0.2) is 15.0 Å². The molecule has 27 heavy (non-hydrogen) atoms. The van der Waals surface area contributed by atoms with Crippen LogP contribution in [0.4, 0.5) is 5.82 Å². The minimum Gasteiger partial charge on any atom is -0.495 e. The van der Waals surface area contributed by atoms with Gasteiger partial charge in [0.1, 0.15) is 16.6 Å². The van der Waals surface area contributed by atoms with Crippen LogP contribution in [0.15, 0.2) is 66.4 Å². The van der Waals surface area contributed by atoms with Crippen LogP contribution in [-0.2, 0) is 6.54 Å². The minimum absolute atomic E-state index is 0.592. The maximum absolute atomic E-state index is 5.21. The Bertz CT molecular complexity index is 1040. The van der Waals surface area contributed by atoms with Crippen molar-refractivity contribution in [2.75, 3.05) is 12.4 Å². The van der Waals surface area contributed by atoms with Gasteiger partial charge in [0.2, 0.25) is 0 Å². The highest BCUT2D eigenvalue weighted by Gasteiger charge is 2.07. The number of anilines is 1. The number of thiazole rings is 1. The third-order valence-electron chi connectivity index (χ3n) is 3.89. The maximum Gasteiger partial charge on any atom is 0.163 e. The summed E-state index contributed by atoms with van der Waals surface area (Å²) in [5.41, 5.74) is 2.91. The van der Waals surface area contributed by atoms with Crippen molar-refractivity contribution in [3.63, 3.8) is 0 Å². The molecule has 0 aliphatic heterocycles. The van der Waals surface area contributed by atoms with Crippen molar-refractivity contribution in [3.05, 3.63) is 72.1 Å². The molecule has 0 fully saturated rings. The van der Waals surface area contributed by atoms with Crippen LogP contribution in [0.3, 0.4) is 0 Å². The van der Waals surface area contributed by atoms with E-state index >= 15 is 0 Å². The molecule has 7 heteroatoms. The van der Waals surface area contributed by atoms with E-state index in [-0.39, 0.29) is 0 Å². The van der Waals surface area contributed by atoms with Crippen LogP contribution in [0.1, 0.15) is 5.69 Å². The van der Waals surface area contributed by atoms with E-state index in [0.29, 0.717) is 18.1 Å². The average molecular weight is 375 g/mol. The zero-order chi connectivity index (χ0) is 18.5. The van der Waals surface area contributed by atoms with E-state index in [1.165, 1.54) is 0 Å². The molecule has 3 heterocycles. The summed E-state index contributed by atoms with van der Waals surface area (Å²) in [6.07, 6.45) is 5.09. The second-order valence-corrected chi connectivity index (χ2v) is 6.60. The molecule has 0 radical (unpaired) electrons. The molecule has 0 amide bonds. The summed E-state index contributed by atoms with van der Waals surface area (Å²) in [6, 6.07) is 13.9. The van der Waals surface area contributed by atoms with Gasteiger partial charge in [-0.15, -0.1) is 11.3 Å². The second-order valence-electron chi connectivity index (χ2n) is 5.74. The van der Waals surface area contributed by atoms with Crippen molar-refractivity contribution < 1.29 is 4.74 Å². The number of pyridine rings is 1. The van der Waals surface area contributed by atoms with E-state index in [1.807, 2.05) is 30.3 Å². The van der Waals surface area contributed by atoms with Crippen LogP contribution in [0, 0.1) is 0 Å². The van der Waals surface area contributed by atoms with Crippen LogP contribution in [0.2, 0.25) is 0 Å². The Kier molecular flexibility index (Phi) is 5.02. The number of nitrogens with one attached hydrogen (secondary N) is 1. The Morgan fingerprint density at radius 2 is 1.93 bits per heavy atom. The molecular weight excluding hydrogens is 358 g/mol. The van der Waals surface area contributed by atoms with Gasteiger partial charge in [-0.2, -0.15) is 0 Å². The monoisotopic (exact) mass is 375 g/mol. The van der Waals surface area contributed by atoms with Gasteiger partial charge >= 0.3 is 0 Å². The summed E-state index contributed by atoms with van der Waals surface area (Å²) in [7, 11) is 1.61. The summed E-state index contributed by atoms with van der Waals surface area (Å²) in [5, 5.41) is 6.38. The van der Waals surface area contributed by atoms with Crippen molar-refractivity contribution in [2.45, 2.75) is 6.54 Å². The summed E-state index contributed by atoms with van der Waals surface area (Å²) in [4.78, 5) is 17.7. The van der Waals surface area contributed by atoms with Crippen molar-refractivity contribution in [3.8, 4) is 27.7 Å². The molecule has 1 aromatic carbocycles. The lowest BCUT2D eigenvalue weighted by atomic mass is 10.2. The summed E-state index contributed by atoms with van der Waals surface area (Å²) >= 11 is 1.64. The molecular formula is C20H17N5OS. The zero-order valence-electron chi connectivity index (χ0n) is 14.7. The number of benzene rings is 1. The lowest BCUT2D eigenvalue weighted by Gasteiger charge is -2.06. The molecule has 0 bridgehead atoms. The highest BCUT2D eigenvalue weighted by Crippen LogP contribution is 2.24. The molecule has 0 atom stereocenters. The summed E-state index contributed by atoms with van der Waals surface area (Å²) in [6.45, 7) is 0.593. The van der Waals surface area contributed by atoms with Crippen LogP contribution < -0.4 is 10.1 Å². The second kappa shape index (κ2) is 7.92. The highest BCUT2D eigenvalue weighted by atomic mass is 32.1. The van der Waals surface area contributed by atoms with E-state index in [2.05, 4.69) is 42.8 Å². The molecule has 1 N–H and O–H groups in total. The first-order valence-electron chi connectivity index (χ1n) is 8.38. The molecule has 0 aliphatic carbocycles. The van der Waals surface area contributed by atoms with Crippen molar-refractivity contribution in [1.29, 1.82) is 0 Å². The molecule has 0 aliphatic rings. The first-order valence-corrected chi connectivity index (χ1v) is 9.26. The Labute approximate surface area is 161 Å². The van der Waals surface area contributed by atoms with Gasteiger partial charge in [-0.1, -0.05) is 30.3 Å². The third-order valence-corrected chi connectivity index (χ3v) is 4.83. The number of nitrogens with zero attached hydrogens (tertiary/aromatic N) is 4. The van der Waals surface area contributed by atoms with Gasteiger partial charge in [-0.05, 0) is 12.1 Å². The third kappa shape index (κ3) is 4.09. The quantitative estimate of drug-likeness (QED) is 0.542. The summed E-state index contributed by atoms with van der Waals surface area (Å²) < 4.78 is 5.21. The van der Waals surface area contributed by atoms with E-state index < -0.39 is 0 Å². The molecule has 0 spiro atoms. The number of aromatic nitrogens is 4. The zero-order valence-corrected chi connectivity index (χ0v) is 15.5. The first-order chi connectivity index (χ1) is 13.3. The average Bonchev–Trinajstić information content (AvgIpc) is 3.22. The highest BCUT2D eigenvalue weighted by molar-refractivity contribution is 7.13. The predicted molar refractivity (Wildman–Crippen MR) is 107 cm³/mol. The lowest BCUT2D eigenvalue weighted by Crippen LogP contribution is -2.03. The van der Waals surface area contributed by atoms with Crippen molar-refractivity contribution in [1.82, 2.24) is 19.9 Å². The van der Waals surface area contributed by atoms with Crippen LogP contribution in [-0.4, -0.2) is 27.0 Å². The Hall–Kier alpha value is -3.32. The number of methoxy groups -OCH3 is 1. The van der Waals surface area contributed by atoms with Crippen molar-refractivity contribution >= 4 is 17.2 Å². The van der Waals surface area contributed by atoms with E-state index in [1.54, 1.807) is 37.0 Å². The molecule has 0 saturated heterocycles. The molecule has 3 aromatic heterocycles. The number of hydrogen-bond acceptors (Lipinski definition) is 7. The molecule has 0 unspecified atom stereocenters. The van der Waals surface area contributed by atoms with Crippen LogP contribution in [0.25, 0.3) is 22.0 Å². The largest absolute Gasteiger partial charge is 0.495 e. The minimum atomic E-state index is 0.592. The van der Waals surface area contributed by atoms with Crippen LogP contribution >= 0.6 is 11.3 Å². The predicted octanol–water partition coefficient (Wildman–Crippen LogP) is 4.28. The topological polar surface area (TPSA) is 72.8 Å². The lowest BCUT2D eigenvalue weighted by molar-refractivity contribution is 0.413. The van der Waals surface area contributed by atoms with Gasteiger partial charge in [0.05, 0.1) is 25.5 Å². The number of hydrogen-bond donors (Lipinski definition) is 1. The molecule has 134 valence electrons. The van der Waals surface area contributed by atoms with E-state index in [9.17, 15) is 0 Å². The van der Waals surface area contributed by atoms with Crippen molar-refractivity contribution in [2.24, 2.45) is 0 Å². The van der Waals surface area contributed by atoms with Gasteiger partial charge in [0.25, 0.3) is 0 Å². The van der Waals surface area contributed by atoms with Gasteiger partial charge in [-0.3, -0.25) is 4.98 Å². The molecule has 6 nitrogen and oxygen atoms in total. The fraction of sp³-hybridized carbons (Fsp3) is 0.100. The molecule has 4 rings (SSSR count). The molecule has 4 aromatic rings. The number of rotatable bonds is 6. The fourth-order valence-electron chi connectivity index (χ4n) is 2.53. The number of ether oxygens (including phenoxy) is 1. The van der Waals surface area contributed by atoms with Gasteiger partial charge in [0, 0.05) is 28.9 Å². The van der Waals surface area contributed by atoms with Gasteiger partial charge in [0.15, 0.2) is 5.82 Å². The SMILES string of the molecule is COc1cncc(-c2nccc(NCc3csc(-c4ccccc4)n3)n2)c1. The Morgan fingerprint density at radius 3 is 2.78 bits per heavy atom. The first kappa shape index (κ1) is 17.1. The fourth-order valence-corrected chi connectivity index (χ4v) is 3.36. The van der Waals surface area contributed by atoms with E-state index in [0.717, 1.165) is 27.6 Å². The smallest absolute Gasteiger partial charge is 0.163 e. The maximum atomic E-state index is 5.21. The van der Waals surface area contributed by atoms with Crippen LogP contribution in [0.5, 0.6) is 5.75 Å². The normalized spacial score (nSPS) is 10.6. The molecule has 0 saturated carbocycles. The van der Waals surface area contributed by atoms with Gasteiger partial charge < -0.3 is 10.1 Å². The standard InChI is InChI=1S/C20H17N5OS/c1-26-17-9-15(10-21-12-17)19-22-8-7-18(25-19)23-11-16-13-27-20(24-16)14-5-3-2-4-6-14/h2-10,12-13H,11H2,1H3,(H,22,23,25). The summed E-state index contributed by atoms with van der Waals surface area (Å²) in [5.74, 6) is 2.00. The Balaban J connectivity index is 1.47.